The molecule has 3 nitrogen and oxygen atoms in total. The SMILES string of the molecule is Fc1ccc(NC(=S)NN=Cc2ccccc2)cc1. The van der Waals surface area contributed by atoms with E-state index < -0.39 is 0 Å². The van der Waals surface area contributed by atoms with Gasteiger partial charge in [-0.25, -0.2) is 4.39 Å². The summed E-state index contributed by atoms with van der Waals surface area (Å²) in [5.74, 6) is -0.286. The van der Waals surface area contributed by atoms with Crippen molar-refractivity contribution in [2.24, 2.45) is 5.10 Å². The minimum atomic E-state index is -0.286. The summed E-state index contributed by atoms with van der Waals surface area (Å²) in [6.07, 6.45) is 1.67. The van der Waals surface area contributed by atoms with Crippen molar-refractivity contribution in [1.29, 1.82) is 0 Å². The summed E-state index contributed by atoms with van der Waals surface area (Å²) < 4.78 is 12.7. The van der Waals surface area contributed by atoms with Crippen molar-refractivity contribution in [3.8, 4) is 0 Å². The molecule has 0 heterocycles. The Labute approximate surface area is 116 Å². The summed E-state index contributed by atoms with van der Waals surface area (Å²) in [5.41, 5.74) is 4.36. The number of hydrazone groups is 1. The Kier molecular flexibility index (Phi) is 4.58. The molecule has 0 unspecified atom stereocenters. The monoisotopic (exact) mass is 273 g/mol. The van der Waals surface area contributed by atoms with Gasteiger partial charge in [0, 0.05) is 5.69 Å². The van der Waals surface area contributed by atoms with Crippen molar-refractivity contribution >= 4 is 29.2 Å². The van der Waals surface area contributed by atoms with Crippen molar-refractivity contribution in [3.63, 3.8) is 0 Å². The summed E-state index contributed by atoms with van der Waals surface area (Å²) in [5, 5.41) is 7.24. The molecule has 0 fully saturated rings. The van der Waals surface area contributed by atoms with Crippen LogP contribution < -0.4 is 10.7 Å². The van der Waals surface area contributed by atoms with Crippen LogP contribution in [0, 0.1) is 5.82 Å². The van der Waals surface area contributed by atoms with E-state index in [0.29, 0.717) is 10.8 Å². The highest BCUT2D eigenvalue weighted by atomic mass is 32.1. The van der Waals surface area contributed by atoms with Gasteiger partial charge in [0.05, 0.1) is 6.21 Å². The van der Waals surface area contributed by atoms with E-state index >= 15 is 0 Å². The Bertz CT molecular complexity index is 567. The molecule has 0 aromatic heterocycles. The van der Waals surface area contributed by atoms with Gasteiger partial charge in [-0.15, -0.1) is 0 Å². The van der Waals surface area contributed by atoms with Crippen molar-refractivity contribution in [2.45, 2.75) is 0 Å². The second-order valence-electron chi connectivity index (χ2n) is 3.74. The zero-order valence-electron chi connectivity index (χ0n) is 10.0. The van der Waals surface area contributed by atoms with Gasteiger partial charge in [0.15, 0.2) is 5.11 Å². The fourth-order valence-corrected chi connectivity index (χ4v) is 1.57. The molecule has 96 valence electrons. The standard InChI is InChI=1S/C14H12FN3S/c15-12-6-8-13(9-7-12)17-14(19)18-16-10-11-4-2-1-3-5-11/h1-10H,(H2,17,18,19). The normalized spacial score (nSPS) is 10.4. The smallest absolute Gasteiger partial charge is 0.191 e. The van der Waals surface area contributed by atoms with E-state index in [9.17, 15) is 4.39 Å². The van der Waals surface area contributed by atoms with Crippen LogP contribution in [-0.2, 0) is 0 Å². The molecule has 0 bridgehead atoms. The van der Waals surface area contributed by atoms with Gasteiger partial charge < -0.3 is 5.32 Å². The number of anilines is 1. The molecule has 0 saturated carbocycles. The predicted molar refractivity (Wildman–Crippen MR) is 79.8 cm³/mol. The third-order valence-electron chi connectivity index (χ3n) is 2.28. The maximum atomic E-state index is 12.7. The maximum absolute atomic E-state index is 12.7. The summed E-state index contributed by atoms with van der Waals surface area (Å²) in [4.78, 5) is 0. The highest BCUT2D eigenvalue weighted by Crippen LogP contribution is 2.07. The Morgan fingerprint density at radius 3 is 2.42 bits per heavy atom. The fourth-order valence-electron chi connectivity index (χ4n) is 1.40. The summed E-state index contributed by atoms with van der Waals surface area (Å²) >= 11 is 5.05. The van der Waals surface area contributed by atoms with Crippen molar-refractivity contribution < 1.29 is 4.39 Å². The van der Waals surface area contributed by atoms with Crippen LogP contribution in [-0.4, -0.2) is 11.3 Å². The van der Waals surface area contributed by atoms with E-state index in [-0.39, 0.29) is 5.82 Å². The molecule has 0 saturated heterocycles. The molecule has 0 atom stereocenters. The third kappa shape index (κ3) is 4.48. The lowest BCUT2D eigenvalue weighted by Crippen LogP contribution is -2.23. The second-order valence-corrected chi connectivity index (χ2v) is 4.15. The average molecular weight is 273 g/mol. The quantitative estimate of drug-likeness (QED) is 0.512. The molecular formula is C14H12FN3S. The Hall–Kier alpha value is -2.27. The highest BCUT2D eigenvalue weighted by molar-refractivity contribution is 7.80. The number of benzene rings is 2. The molecule has 0 aliphatic rings. The van der Waals surface area contributed by atoms with E-state index in [1.165, 1.54) is 12.1 Å². The minimum Gasteiger partial charge on any atom is -0.331 e. The largest absolute Gasteiger partial charge is 0.331 e. The molecule has 5 heteroatoms. The van der Waals surface area contributed by atoms with E-state index in [4.69, 9.17) is 12.2 Å². The van der Waals surface area contributed by atoms with Crippen molar-refractivity contribution in [2.75, 3.05) is 5.32 Å². The molecule has 0 aliphatic carbocycles. The number of halogens is 1. The average Bonchev–Trinajstić information content (AvgIpc) is 2.43. The highest BCUT2D eigenvalue weighted by Gasteiger charge is 1.96. The lowest BCUT2D eigenvalue weighted by atomic mass is 10.2. The lowest BCUT2D eigenvalue weighted by Gasteiger charge is -2.06. The van der Waals surface area contributed by atoms with Crippen LogP contribution in [0.25, 0.3) is 0 Å². The van der Waals surface area contributed by atoms with Crippen LogP contribution in [0.15, 0.2) is 59.7 Å². The van der Waals surface area contributed by atoms with Gasteiger partial charge in [-0.05, 0) is 42.0 Å². The van der Waals surface area contributed by atoms with E-state index in [1.807, 2.05) is 30.3 Å². The first-order chi connectivity index (χ1) is 9.24. The first-order valence-electron chi connectivity index (χ1n) is 5.65. The summed E-state index contributed by atoms with van der Waals surface area (Å²) in [7, 11) is 0. The predicted octanol–water partition coefficient (Wildman–Crippen LogP) is 3.15. The molecule has 0 spiro atoms. The van der Waals surface area contributed by atoms with Crippen LogP contribution >= 0.6 is 12.2 Å². The van der Waals surface area contributed by atoms with Gasteiger partial charge in [0.1, 0.15) is 5.82 Å². The number of hydrogen-bond acceptors (Lipinski definition) is 2. The molecule has 2 aromatic carbocycles. The first-order valence-corrected chi connectivity index (χ1v) is 6.05. The fraction of sp³-hybridized carbons (Fsp3) is 0. The van der Waals surface area contributed by atoms with Gasteiger partial charge in [-0.3, -0.25) is 5.43 Å². The molecule has 0 radical (unpaired) electrons. The van der Waals surface area contributed by atoms with Crippen molar-refractivity contribution in [3.05, 3.63) is 66.0 Å². The lowest BCUT2D eigenvalue weighted by molar-refractivity contribution is 0.628. The molecule has 19 heavy (non-hydrogen) atoms. The third-order valence-corrected chi connectivity index (χ3v) is 2.47. The Morgan fingerprint density at radius 2 is 1.74 bits per heavy atom. The first kappa shape index (κ1) is 13.2. The number of nitrogens with one attached hydrogen (secondary N) is 2. The van der Waals surface area contributed by atoms with Crippen LogP contribution in [0.4, 0.5) is 10.1 Å². The van der Waals surface area contributed by atoms with Gasteiger partial charge in [-0.2, -0.15) is 5.10 Å². The minimum absolute atomic E-state index is 0.286. The van der Waals surface area contributed by atoms with E-state index in [2.05, 4.69) is 15.8 Å². The van der Waals surface area contributed by atoms with E-state index in [1.54, 1.807) is 18.3 Å². The number of rotatable bonds is 3. The molecule has 0 amide bonds. The van der Waals surface area contributed by atoms with E-state index in [0.717, 1.165) is 5.56 Å². The zero-order chi connectivity index (χ0) is 13.5. The zero-order valence-corrected chi connectivity index (χ0v) is 10.8. The van der Waals surface area contributed by atoms with Crippen molar-refractivity contribution in [1.82, 2.24) is 5.43 Å². The van der Waals surface area contributed by atoms with Crippen LogP contribution in [0.5, 0.6) is 0 Å². The van der Waals surface area contributed by atoms with Gasteiger partial charge in [0.2, 0.25) is 0 Å². The maximum Gasteiger partial charge on any atom is 0.191 e. The van der Waals surface area contributed by atoms with Gasteiger partial charge in [0.25, 0.3) is 0 Å². The number of nitrogens with zero attached hydrogens (tertiary/aromatic N) is 1. The molecule has 2 N–H and O–H groups in total. The second kappa shape index (κ2) is 6.61. The van der Waals surface area contributed by atoms with Gasteiger partial charge in [-0.1, -0.05) is 30.3 Å². The van der Waals surface area contributed by atoms with Crippen LogP contribution in [0.1, 0.15) is 5.56 Å². The van der Waals surface area contributed by atoms with Crippen LogP contribution in [0.2, 0.25) is 0 Å². The molecule has 0 aliphatic heterocycles. The Morgan fingerprint density at radius 1 is 1.05 bits per heavy atom. The molecule has 2 rings (SSSR count). The Balaban J connectivity index is 1.85. The number of thiocarbonyl (C=S) groups is 1. The van der Waals surface area contributed by atoms with Gasteiger partial charge >= 0.3 is 0 Å². The topological polar surface area (TPSA) is 36.4 Å². The summed E-state index contributed by atoms with van der Waals surface area (Å²) in [6.45, 7) is 0. The van der Waals surface area contributed by atoms with Crippen LogP contribution in [0.3, 0.4) is 0 Å². The summed E-state index contributed by atoms with van der Waals surface area (Å²) in [6, 6.07) is 15.6. The molecule has 2 aromatic rings. The number of hydrogen-bond donors (Lipinski definition) is 2. The molecular weight excluding hydrogens is 261 g/mol.